The van der Waals surface area contributed by atoms with Crippen LogP contribution in [0.4, 0.5) is 5.82 Å². The first-order valence-electron chi connectivity index (χ1n) is 7.53. The Bertz CT molecular complexity index is 893. The maximum absolute atomic E-state index is 11.2. The predicted molar refractivity (Wildman–Crippen MR) is 101 cm³/mol. The summed E-state index contributed by atoms with van der Waals surface area (Å²) in [5.41, 5.74) is 2.15. The molecule has 0 saturated heterocycles. The van der Waals surface area contributed by atoms with Crippen molar-refractivity contribution in [3.63, 3.8) is 0 Å². The molecule has 0 aliphatic rings. The summed E-state index contributed by atoms with van der Waals surface area (Å²) in [6, 6.07) is 7.35. The number of nitrogens with zero attached hydrogens (tertiary/aromatic N) is 2. The van der Waals surface area contributed by atoms with Crippen LogP contribution in [-0.4, -0.2) is 27.1 Å². The van der Waals surface area contributed by atoms with E-state index in [0.29, 0.717) is 5.82 Å². The number of nitrogens with one attached hydrogen (secondary N) is 1. The number of benzene rings is 1. The molecule has 7 heteroatoms. The number of anilines is 1. The molecule has 3 aromatic rings. The molecule has 1 atom stereocenters. The standard InChI is InChI=1S/C17H16BrN3O2S/c1-3-12-13(10-4-6-11(18)7-5-10)14-15(21-9(2)17(22)23)19-8-20-16(14)24-12/h4-9H,3H2,1-2H3,(H,22,23)(H,19,20,21). The smallest absolute Gasteiger partial charge is 0.325 e. The minimum absolute atomic E-state index is 0.559. The van der Waals surface area contributed by atoms with Crippen LogP contribution in [0.5, 0.6) is 0 Å². The number of aryl methyl sites for hydroxylation is 1. The highest BCUT2D eigenvalue weighted by molar-refractivity contribution is 9.10. The summed E-state index contributed by atoms with van der Waals surface area (Å²) < 4.78 is 1.01. The van der Waals surface area contributed by atoms with Crippen molar-refractivity contribution in [2.75, 3.05) is 5.32 Å². The number of rotatable bonds is 5. The van der Waals surface area contributed by atoms with Gasteiger partial charge in [-0.3, -0.25) is 4.79 Å². The fourth-order valence-corrected chi connectivity index (χ4v) is 3.89. The van der Waals surface area contributed by atoms with E-state index in [9.17, 15) is 9.90 Å². The molecule has 0 amide bonds. The van der Waals surface area contributed by atoms with Crippen LogP contribution in [0.1, 0.15) is 18.7 Å². The molecule has 1 unspecified atom stereocenters. The van der Waals surface area contributed by atoms with Crippen molar-refractivity contribution in [1.29, 1.82) is 0 Å². The second kappa shape index (κ2) is 6.86. The van der Waals surface area contributed by atoms with Gasteiger partial charge in [0.15, 0.2) is 0 Å². The maximum Gasteiger partial charge on any atom is 0.325 e. The van der Waals surface area contributed by atoms with Crippen LogP contribution in [0.3, 0.4) is 0 Å². The van der Waals surface area contributed by atoms with E-state index >= 15 is 0 Å². The molecular weight excluding hydrogens is 390 g/mol. The molecule has 2 aromatic heterocycles. The summed E-state index contributed by atoms with van der Waals surface area (Å²) in [5.74, 6) is -0.360. The number of aromatic nitrogens is 2. The van der Waals surface area contributed by atoms with Crippen molar-refractivity contribution in [1.82, 2.24) is 9.97 Å². The van der Waals surface area contributed by atoms with Crippen molar-refractivity contribution < 1.29 is 9.90 Å². The molecule has 0 aliphatic carbocycles. The Labute approximate surface area is 151 Å². The zero-order valence-corrected chi connectivity index (χ0v) is 15.6. The van der Waals surface area contributed by atoms with Crippen molar-refractivity contribution in [2.45, 2.75) is 26.3 Å². The quantitative estimate of drug-likeness (QED) is 0.650. The molecule has 0 radical (unpaired) electrons. The first kappa shape index (κ1) is 16.9. The van der Waals surface area contributed by atoms with Gasteiger partial charge in [0, 0.05) is 14.9 Å². The topological polar surface area (TPSA) is 75.1 Å². The average Bonchev–Trinajstić information content (AvgIpc) is 2.95. The fraction of sp³-hybridized carbons (Fsp3) is 0.235. The molecule has 2 N–H and O–H groups in total. The molecule has 1 aromatic carbocycles. The lowest BCUT2D eigenvalue weighted by atomic mass is 10.0. The Morgan fingerprint density at radius 2 is 2.04 bits per heavy atom. The van der Waals surface area contributed by atoms with Crippen molar-refractivity contribution in [2.24, 2.45) is 0 Å². The van der Waals surface area contributed by atoms with Crippen LogP contribution in [0, 0.1) is 0 Å². The first-order chi connectivity index (χ1) is 11.5. The minimum atomic E-state index is -0.919. The zero-order valence-electron chi connectivity index (χ0n) is 13.2. The number of thiophene rings is 1. The normalized spacial score (nSPS) is 12.3. The molecule has 2 heterocycles. The zero-order chi connectivity index (χ0) is 17.3. The molecule has 5 nitrogen and oxygen atoms in total. The van der Waals surface area contributed by atoms with Crippen LogP contribution >= 0.6 is 27.3 Å². The molecular formula is C17H16BrN3O2S. The summed E-state index contributed by atoms with van der Waals surface area (Å²) >= 11 is 5.08. The van der Waals surface area contributed by atoms with Gasteiger partial charge in [-0.25, -0.2) is 9.97 Å². The molecule has 124 valence electrons. The van der Waals surface area contributed by atoms with Crippen LogP contribution in [0.2, 0.25) is 0 Å². The van der Waals surface area contributed by atoms with Gasteiger partial charge >= 0.3 is 5.97 Å². The number of carboxylic acids is 1. The third-order valence-corrected chi connectivity index (χ3v) is 5.51. The van der Waals surface area contributed by atoms with Crippen LogP contribution in [0.15, 0.2) is 35.1 Å². The lowest BCUT2D eigenvalue weighted by Gasteiger charge is -2.12. The van der Waals surface area contributed by atoms with Gasteiger partial charge in [-0.05, 0) is 31.0 Å². The van der Waals surface area contributed by atoms with Gasteiger partial charge in [-0.2, -0.15) is 0 Å². The highest BCUT2D eigenvalue weighted by Crippen LogP contribution is 2.41. The Balaban J connectivity index is 2.22. The van der Waals surface area contributed by atoms with E-state index in [-0.39, 0.29) is 0 Å². The van der Waals surface area contributed by atoms with E-state index in [0.717, 1.165) is 32.2 Å². The monoisotopic (exact) mass is 405 g/mol. The van der Waals surface area contributed by atoms with Crippen molar-refractivity contribution in [3.8, 4) is 11.1 Å². The largest absolute Gasteiger partial charge is 0.480 e. The molecule has 0 spiro atoms. The number of hydrogen-bond acceptors (Lipinski definition) is 5. The van der Waals surface area contributed by atoms with Gasteiger partial charge in [-0.1, -0.05) is 35.0 Å². The predicted octanol–water partition coefficient (Wildman–Crippen LogP) is 4.57. The Hall–Kier alpha value is -1.99. The Kier molecular flexibility index (Phi) is 4.82. The second-order valence-corrected chi connectivity index (χ2v) is 7.37. The third kappa shape index (κ3) is 3.14. The Morgan fingerprint density at radius 3 is 2.67 bits per heavy atom. The first-order valence-corrected chi connectivity index (χ1v) is 9.13. The van der Waals surface area contributed by atoms with Crippen LogP contribution < -0.4 is 5.32 Å². The maximum atomic E-state index is 11.2. The molecule has 0 fully saturated rings. The summed E-state index contributed by atoms with van der Waals surface area (Å²) in [6.07, 6.45) is 2.35. The van der Waals surface area contributed by atoms with E-state index in [4.69, 9.17) is 0 Å². The van der Waals surface area contributed by atoms with Crippen molar-refractivity contribution in [3.05, 3.63) is 39.9 Å². The van der Waals surface area contributed by atoms with E-state index in [1.54, 1.807) is 18.3 Å². The SMILES string of the molecule is CCc1sc2ncnc(NC(C)C(=O)O)c2c1-c1ccc(Br)cc1. The van der Waals surface area contributed by atoms with Crippen LogP contribution in [-0.2, 0) is 11.2 Å². The highest BCUT2D eigenvalue weighted by atomic mass is 79.9. The Morgan fingerprint density at radius 1 is 1.33 bits per heavy atom. The van der Waals surface area contributed by atoms with E-state index in [2.05, 4.69) is 38.1 Å². The fourth-order valence-electron chi connectivity index (χ4n) is 2.53. The second-order valence-electron chi connectivity index (χ2n) is 5.37. The summed E-state index contributed by atoms with van der Waals surface area (Å²) in [4.78, 5) is 21.9. The van der Waals surface area contributed by atoms with Gasteiger partial charge in [0.1, 0.15) is 23.0 Å². The molecule has 0 bridgehead atoms. The van der Waals surface area contributed by atoms with Crippen molar-refractivity contribution >= 4 is 49.3 Å². The summed E-state index contributed by atoms with van der Waals surface area (Å²) in [5, 5.41) is 13.0. The summed E-state index contributed by atoms with van der Waals surface area (Å²) in [6.45, 7) is 3.70. The van der Waals surface area contributed by atoms with Gasteiger partial charge in [0.2, 0.25) is 0 Å². The minimum Gasteiger partial charge on any atom is -0.480 e. The summed E-state index contributed by atoms with van der Waals surface area (Å²) in [7, 11) is 0. The molecule has 0 saturated carbocycles. The highest BCUT2D eigenvalue weighted by Gasteiger charge is 2.20. The van der Waals surface area contributed by atoms with E-state index < -0.39 is 12.0 Å². The average molecular weight is 406 g/mol. The van der Waals surface area contributed by atoms with Gasteiger partial charge in [0.05, 0.1) is 5.39 Å². The lowest BCUT2D eigenvalue weighted by molar-refractivity contribution is -0.137. The third-order valence-electron chi connectivity index (χ3n) is 3.74. The lowest BCUT2D eigenvalue weighted by Crippen LogP contribution is -2.26. The van der Waals surface area contributed by atoms with E-state index in [1.807, 2.05) is 24.3 Å². The number of fused-ring (bicyclic) bond motifs is 1. The molecule has 0 aliphatic heterocycles. The molecule has 24 heavy (non-hydrogen) atoms. The van der Waals surface area contributed by atoms with E-state index in [1.165, 1.54) is 11.2 Å². The van der Waals surface area contributed by atoms with Crippen LogP contribution in [0.25, 0.3) is 21.3 Å². The van der Waals surface area contributed by atoms with Gasteiger partial charge < -0.3 is 10.4 Å². The van der Waals surface area contributed by atoms with Gasteiger partial charge in [-0.15, -0.1) is 11.3 Å². The number of carboxylic acid groups (broad SMARTS) is 1. The number of carbonyl (C=O) groups is 1. The molecule has 3 rings (SSSR count). The number of aliphatic carboxylic acids is 1. The van der Waals surface area contributed by atoms with Gasteiger partial charge in [0.25, 0.3) is 0 Å². The number of halogens is 1. The number of hydrogen-bond donors (Lipinski definition) is 2.